The Labute approximate surface area is 198 Å². The minimum absolute atomic E-state index is 0.0588. The minimum Gasteiger partial charge on any atom is -0.369 e. The van der Waals surface area contributed by atoms with Crippen molar-refractivity contribution in [1.29, 1.82) is 0 Å². The molecule has 0 radical (unpaired) electrons. The van der Waals surface area contributed by atoms with E-state index in [2.05, 4.69) is 63.6 Å². The molecule has 0 spiro atoms. The summed E-state index contributed by atoms with van der Waals surface area (Å²) >= 11 is 8.02. The second-order valence-corrected chi connectivity index (χ2v) is 9.84. The summed E-state index contributed by atoms with van der Waals surface area (Å²) < 4.78 is 0. The summed E-state index contributed by atoms with van der Waals surface area (Å²) in [4.78, 5) is 20.1. The van der Waals surface area contributed by atoms with E-state index in [4.69, 9.17) is 11.6 Å². The Kier molecular flexibility index (Phi) is 6.39. The van der Waals surface area contributed by atoms with Gasteiger partial charge in [-0.3, -0.25) is 9.69 Å². The maximum Gasteiger partial charge on any atom is 0.234 e. The Morgan fingerprint density at radius 2 is 1.69 bits per heavy atom. The van der Waals surface area contributed by atoms with Crippen LogP contribution in [0.15, 0.2) is 82.6 Å². The van der Waals surface area contributed by atoms with Crippen LogP contribution in [0.1, 0.15) is 17.2 Å². The highest BCUT2D eigenvalue weighted by Gasteiger charge is 2.25. The lowest BCUT2D eigenvalue weighted by atomic mass is 9.99. The van der Waals surface area contributed by atoms with Crippen molar-refractivity contribution in [2.24, 2.45) is 0 Å². The SMILES string of the molecule is O=C(CN1CCN(c2ccccc2)CC1)N[C@H]1Cc2cc(Cl)ccc2Sc2ccccc21. The van der Waals surface area contributed by atoms with E-state index in [1.165, 1.54) is 26.6 Å². The number of nitrogens with zero attached hydrogens (tertiary/aromatic N) is 2. The topological polar surface area (TPSA) is 35.6 Å². The summed E-state index contributed by atoms with van der Waals surface area (Å²) in [6.45, 7) is 4.07. The first-order valence-corrected chi connectivity index (χ1v) is 12.2. The van der Waals surface area contributed by atoms with Gasteiger partial charge < -0.3 is 10.2 Å². The van der Waals surface area contributed by atoms with Gasteiger partial charge in [0.2, 0.25) is 5.91 Å². The lowest BCUT2D eigenvalue weighted by Gasteiger charge is -2.36. The van der Waals surface area contributed by atoms with Crippen molar-refractivity contribution in [3.8, 4) is 0 Å². The minimum atomic E-state index is -0.0588. The molecule has 0 aromatic heterocycles. The molecule has 0 saturated carbocycles. The molecule has 2 aliphatic heterocycles. The van der Waals surface area contributed by atoms with Crippen LogP contribution in [0.5, 0.6) is 0 Å². The van der Waals surface area contributed by atoms with E-state index in [1.54, 1.807) is 11.8 Å². The Balaban J connectivity index is 1.25. The largest absolute Gasteiger partial charge is 0.369 e. The van der Waals surface area contributed by atoms with Gasteiger partial charge in [0, 0.05) is 46.7 Å². The summed E-state index contributed by atoms with van der Waals surface area (Å²) in [5, 5.41) is 4.05. The van der Waals surface area contributed by atoms with Crippen LogP contribution in [0.3, 0.4) is 0 Å². The predicted octanol–water partition coefficient (Wildman–Crippen LogP) is 5.03. The first kappa shape index (κ1) is 21.4. The molecule has 0 unspecified atom stereocenters. The maximum absolute atomic E-state index is 13.0. The van der Waals surface area contributed by atoms with Crippen LogP contribution in [0.25, 0.3) is 0 Å². The van der Waals surface area contributed by atoms with Crippen molar-refractivity contribution >= 4 is 35.0 Å². The molecule has 3 aromatic rings. The van der Waals surface area contributed by atoms with E-state index in [0.717, 1.165) is 37.6 Å². The van der Waals surface area contributed by atoms with Gasteiger partial charge in [0.05, 0.1) is 12.6 Å². The highest BCUT2D eigenvalue weighted by atomic mass is 35.5. The summed E-state index contributed by atoms with van der Waals surface area (Å²) in [7, 11) is 0. The third-order valence-corrected chi connectivity index (χ3v) is 7.60. The summed E-state index contributed by atoms with van der Waals surface area (Å²) in [6, 6.07) is 24.8. The zero-order valence-electron chi connectivity index (χ0n) is 17.8. The van der Waals surface area contributed by atoms with Crippen LogP contribution in [-0.2, 0) is 11.2 Å². The number of halogens is 1. The van der Waals surface area contributed by atoms with E-state index in [0.29, 0.717) is 6.54 Å². The van der Waals surface area contributed by atoms with Crippen LogP contribution < -0.4 is 10.2 Å². The average Bonchev–Trinajstić information content (AvgIpc) is 2.96. The van der Waals surface area contributed by atoms with Gasteiger partial charge in [-0.25, -0.2) is 0 Å². The van der Waals surface area contributed by atoms with Crippen LogP contribution >= 0.6 is 23.4 Å². The van der Waals surface area contributed by atoms with Crippen LogP contribution in [0, 0.1) is 0 Å². The molecule has 164 valence electrons. The zero-order chi connectivity index (χ0) is 21.9. The first-order chi connectivity index (χ1) is 15.7. The molecule has 2 heterocycles. The molecule has 1 fully saturated rings. The number of nitrogens with one attached hydrogen (secondary N) is 1. The highest BCUT2D eigenvalue weighted by Crippen LogP contribution is 2.41. The number of anilines is 1. The fraction of sp³-hybridized carbons (Fsp3) is 0.269. The molecule has 1 N–H and O–H groups in total. The van der Waals surface area contributed by atoms with E-state index >= 15 is 0 Å². The van der Waals surface area contributed by atoms with E-state index < -0.39 is 0 Å². The molecule has 0 aliphatic carbocycles. The fourth-order valence-electron chi connectivity index (χ4n) is 4.49. The van der Waals surface area contributed by atoms with Gasteiger partial charge >= 0.3 is 0 Å². The quantitative estimate of drug-likeness (QED) is 0.588. The van der Waals surface area contributed by atoms with Crippen molar-refractivity contribution in [1.82, 2.24) is 10.2 Å². The first-order valence-electron chi connectivity index (χ1n) is 11.0. The highest BCUT2D eigenvalue weighted by molar-refractivity contribution is 7.99. The smallest absolute Gasteiger partial charge is 0.234 e. The maximum atomic E-state index is 13.0. The number of hydrogen-bond donors (Lipinski definition) is 1. The molecular formula is C26H26ClN3OS. The molecule has 1 saturated heterocycles. The van der Waals surface area contributed by atoms with Gasteiger partial charge in [-0.05, 0) is 53.9 Å². The average molecular weight is 464 g/mol. The molecule has 6 heteroatoms. The standard InChI is InChI=1S/C26H26ClN3OS/c27-20-10-11-24-19(16-20)17-23(22-8-4-5-9-25(22)32-24)28-26(31)18-29-12-14-30(15-13-29)21-6-2-1-3-7-21/h1-11,16,23H,12-15,17-18H2,(H,28,31)/t23-/m0/s1. The molecule has 5 rings (SSSR count). The molecule has 0 bridgehead atoms. The van der Waals surface area contributed by atoms with Crippen LogP contribution in [-0.4, -0.2) is 43.5 Å². The van der Waals surface area contributed by atoms with Gasteiger partial charge in [0.1, 0.15) is 0 Å². The Morgan fingerprint density at radius 1 is 0.938 bits per heavy atom. The Morgan fingerprint density at radius 3 is 2.50 bits per heavy atom. The van der Waals surface area contributed by atoms with E-state index in [1.807, 2.05) is 24.3 Å². The normalized spacial score (nSPS) is 18.4. The summed E-state index contributed by atoms with van der Waals surface area (Å²) in [6.07, 6.45) is 0.743. The number of benzene rings is 3. The number of fused-ring (bicyclic) bond motifs is 2. The Bertz CT molecular complexity index is 1100. The van der Waals surface area contributed by atoms with Crippen LogP contribution in [0.4, 0.5) is 5.69 Å². The van der Waals surface area contributed by atoms with Crippen molar-refractivity contribution in [3.05, 3.63) is 88.9 Å². The number of piperazine rings is 1. The number of rotatable bonds is 4. The second kappa shape index (κ2) is 9.57. The van der Waals surface area contributed by atoms with Gasteiger partial charge in [0.15, 0.2) is 0 Å². The van der Waals surface area contributed by atoms with Gasteiger partial charge in [-0.2, -0.15) is 0 Å². The van der Waals surface area contributed by atoms with Crippen molar-refractivity contribution in [3.63, 3.8) is 0 Å². The number of carbonyl (C=O) groups excluding carboxylic acids is 1. The molecular weight excluding hydrogens is 438 g/mol. The third kappa shape index (κ3) is 4.80. The lowest BCUT2D eigenvalue weighted by Crippen LogP contribution is -2.50. The number of hydrogen-bond acceptors (Lipinski definition) is 4. The predicted molar refractivity (Wildman–Crippen MR) is 132 cm³/mol. The molecule has 1 atom stereocenters. The molecule has 1 amide bonds. The van der Waals surface area contributed by atoms with Gasteiger partial charge in [-0.1, -0.05) is 59.8 Å². The molecule has 4 nitrogen and oxygen atoms in total. The summed E-state index contributed by atoms with van der Waals surface area (Å²) in [5.41, 5.74) is 3.61. The lowest BCUT2D eigenvalue weighted by molar-refractivity contribution is -0.123. The zero-order valence-corrected chi connectivity index (χ0v) is 19.4. The summed E-state index contributed by atoms with van der Waals surface area (Å²) in [5.74, 6) is 0.0773. The van der Waals surface area contributed by atoms with E-state index in [-0.39, 0.29) is 11.9 Å². The Hall–Kier alpha value is -2.47. The van der Waals surface area contributed by atoms with Crippen LogP contribution in [0.2, 0.25) is 5.02 Å². The van der Waals surface area contributed by atoms with Gasteiger partial charge in [-0.15, -0.1) is 0 Å². The second-order valence-electron chi connectivity index (χ2n) is 8.31. The van der Waals surface area contributed by atoms with Crippen molar-refractivity contribution in [2.75, 3.05) is 37.6 Å². The number of para-hydroxylation sites is 1. The molecule has 32 heavy (non-hydrogen) atoms. The van der Waals surface area contributed by atoms with E-state index in [9.17, 15) is 4.79 Å². The van der Waals surface area contributed by atoms with Crippen molar-refractivity contribution in [2.45, 2.75) is 22.3 Å². The number of carbonyl (C=O) groups is 1. The number of amides is 1. The van der Waals surface area contributed by atoms with Crippen molar-refractivity contribution < 1.29 is 4.79 Å². The monoisotopic (exact) mass is 463 g/mol. The molecule has 2 aliphatic rings. The van der Waals surface area contributed by atoms with Gasteiger partial charge in [0.25, 0.3) is 0 Å². The third-order valence-electron chi connectivity index (χ3n) is 6.16. The molecule has 3 aromatic carbocycles. The fourth-order valence-corrected chi connectivity index (χ4v) is 5.81.